The summed E-state index contributed by atoms with van der Waals surface area (Å²) in [6.45, 7) is 6.24. The van der Waals surface area contributed by atoms with E-state index in [2.05, 4.69) is 65.4 Å². The molecule has 3 nitrogen and oxygen atoms in total. The van der Waals surface area contributed by atoms with Crippen LogP contribution in [0.3, 0.4) is 0 Å². The van der Waals surface area contributed by atoms with E-state index >= 15 is 0 Å². The van der Waals surface area contributed by atoms with Crippen molar-refractivity contribution in [1.82, 2.24) is 10.3 Å². The van der Waals surface area contributed by atoms with Crippen LogP contribution in [0.4, 0.5) is 11.5 Å². The Kier molecular flexibility index (Phi) is 3.70. The third-order valence-corrected chi connectivity index (χ3v) is 3.69. The maximum Gasteiger partial charge on any atom is 0.133 e. The van der Waals surface area contributed by atoms with E-state index in [1.165, 1.54) is 16.8 Å². The summed E-state index contributed by atoms with van der Waals surface area (Å²) in [5.74, 6) is 1.05. The first-order valence-electron chi connectivity index (χ1n) is 7.28. The molecule has 3 heteroatoms. The van der Waals surface area contributed by atoms with Crippen molar-refractivity contribution in [3.8, 4) is 0 Å². The van der Waals surface area contributed by atoms with Gasteiger partial charge in [0.05, 0.1) is 0 Å². The van der Waals surface area contributed by atoms with Gasteiger partial charge in [-0.2, -0.15) is 0 Å². The van der Waals surface area contributed by atoms with E-state index in [0.717, 1.165) is 25.3 Å². The van der Waals surface area contributed by atoms with Gasteiger partial charge in [0.25, 0.3) is 0 Å². The first-order valence-corrected chi connectivity index (χ1v) is 7.28. The quantitative estimate of drug-likeness (QED) is 0.921. The number of fused-ring (bicyclic) bond motifs is 1. The fourth-order valence-electron chi connectivity index (χ4n) is 2.62. The van der Waals surface area contributed by atoms with Crippen LogP contribution in [0.15, 0.2) is 42.6 Å². The molecule has 0 saturated heterocycles. The lowest BCUT2D eigenvalue weighted by Crippen LogP contribution is -2.22. The van der Waals surface area contributed by atoms with Crippen molar-refractivity contribution in [2.24, 2.45) is 0 Å². The molecule has 1 aliphatic heterocycles. The normalized spacial score (nSPS) is 13.8. The summed E-state index contributed by atoms with van der Waals surface area (Å²) in [5, 5.41) is 3.45. The van der Waals surface area contributed by atoms with Crippen LogP contribution in [-0.2, 0) is 13.0 Å². The highest BCUT2D eigenvalue weighted by Gasteiger charge is 2.20. The molecule has 0 radical (unpaired) electrons. The van der Waals surface area contributed by atoms with Crippen LogP contribution < -0.4 is 10.2 Å². The molecule has 1 aromatic carbocycles. The van der Waals surface area contributed by atoms with Gasteiger partial charge in [-0.15, -0.1) is 0 Å². The second kappa shape index (κ2) is 5.63. The molecule has 0 saturated carbocycles. The molecule has 0 amide bonds. The van der Waals surface area contributed by atoms with E-state index in [-0.39, 0.29) is 0 Å². The Bertz CT molecular complexity index is 592. The molecule has 2 aromatic rings. The van der Waals surface area contributed by atoms with Crippen LogP contribution in [-0.4, -0.2) is 17.6 Å². The number of para-hydroxylation sites is 1. The lowest BCUT2D eigenvalue weighted by atomic mass is 10.2. The third kappa shape index (κ3) is 2.68. The Morgan fingerprint density at radius 2 is 2.10 bits per heavy atom. The summed E-state index contributed by atoms with van der Waals surface area (Å²) < 4.78 is 0. The zero-order chi connectivity index (χ0) is 13.9. The largest absolute Gasteiger partial charge is 0.326 e. The standard InChI is InChI=1S/C17H21N3/c1-13(2)19-12-14-7-9-18-17(11-14)20-10-8-15-5-3-4-6-16(15)20/h3-7,9,11,13,19H,8,10,12H2,1-2H3. The van der Waals surface area contributed by atoms with Crippen LogP contribution in [0, 0.1) is 0 Å². The summed E-state index contributed by atoms with van der Waals surface area (Å²) in [6.07, 6.45) is 3.01. The highest BCUT2D eigenvalue weighted by atomic mass is 15.2. The van der Waals surface area contributed by atoms with E-state index in [9.17, 15) is 0 Å². The Morgan fingerprint density at radius 3 is 2.95 bits per heavy atom. The van der Waals surface area contributed by atoms with E-state index in [1.807, 2.05) is 6.20 Å². The molecule has 0 unspecified atom stereocenters. The van der Waals surface area contributed by atoms with Crippen molar-refractivity contribution in [2.75, 3.05) is 11.4 Å². The average molecular weight is 267 g/mol. The first kappa shape index (κ1) is 13.1. The third-order valence-electron chi connectivity index (χ3n) is 3.69. The Labute approximate surface area is 120 Å². The molecule has 0 aliphatic carbocycles. The highest BCUT2D eigenvalue weighted by molar-refractivity contribution is 5.67. The number of benzene rings is 1. The molecule has 1 N–H and O–H groups in total. The smallest absolute Gasteiger partial charge is 0.133 e. The van der Waals surface area contributed by atoms with Crippen molar-refractivity contribution in [1.29, 1.82) is 0 Å². The van der Waals surface area contributed by atoms with E-state index in [1.54, 1.807) is 0 Å². The van der Waals surface area contributed by atoms with E-state index in [0.29, 0.717) is 6.04 Å². The summed E-state index contributed by atoms with van der Waals surface area (Å²) >= 11 is 0. The monoisotopic (exact) mass is 267 g/mol. The minimum atomic E-state index is 0.499. The van der Waals surface area contributed by atoms with Crippen molar-refractivity contribution in [3.05, 3.63) is 53.7 Å². The maximum absolute atomic E-state index is 4.55. The lowest BCUT2D eigenvalue weighted by molar-refractivity contribution is 0.588. The molecule has 1 aliphatic rings. The van der Waals surface area contributed by atoms with Crippen molar-refractivity contribution >= 4 is 11.5 Å². The molecule has 0 atom stereocenters. The number of rotatable bonds is 4. The molecular formula is C17H21N3. The van der Waals surface area contributed by atoms with Crippen molar-refractivity contribution in [3.63, 3.8) is 0 Å². The van der Waals surface area contributed by atoms with Crippen molar-refractivity contribution < 1.29 is 0 Å². The van der Waals surface area contributed by atoms with Gasteiger partial charge < -0.3 is 10.2 Å². The number of aromatic nitrogens is 1. The van der Waals surface area contributed by atoms with Gasteiger partial charge in [0.1, 0.15) is 5.82 Å². The summed E-state index contributed by atoms with van der Waals surface area (Å²) in [7, 11) is 0. The van der Waals surface area contributed by atoms with Gasteiger partial charge >= 0.3 is 0 Å². The maximum atomic E-state index is 4.55. The summed E-state index contributed by atoms with van der Waals surface area (Å²) in [5.41, 5.74) is 4.00. The first-order chi connectivity index (χ1) is 9.74. The van der Waals surface area contributed by atoms with Gasteiger partial charge in [-0.1, -0.05) is 32.0 Å². The predicted molar refractivity (Wildman–Crippen MR) is 83.4 cm³/mol. The average Bonchev–Trinajstić information content (AvgIpc) is 2.89. The van der Waals surface area contributed by atoms with Gasteiger partial charge in [0.2, 0.25) is 0 Å². The summed E-state index contributed by atoms with van der Waals surface area (Å²) in [6, 6.07) is 13.4. The summed E-state index contributed by atoms with van der Waals surface area (Å²) in [4.78, 5) is 6.86. The second-order valence-corrected chi connectivity index (χ2v) is 5.59. The molecule has 0 fully saturated rings. The fraction of sp³-hybridized carbons (Fsp3) is 0.353. The van der Waals surface area contributed by atoms with Crippen LogP contribution in [0.25, 0.3) is 0 Å². The van der Waals surface area contributed by atoms with Gasteiger partial charge in [-0.05, 0) is 35.7 Å². The van der Waals surface area contributed by atoms with E-state index in [4.69, 9.17) is 0 Å². The predicted octanol–water partition coefficient (Wildman–Crippen LogP) is 3.27. The highest BCUT2D eigenvalue weighted by Crippen LogP contribution is 2.33. The van der Waals surface area contributed by atoms with Gasteiger partial charge in [-0.3, -0.25) is 0 Å². The Balaban J connectivity index is 1.83. The number of nitrogens with zero attached hydrogens (tertiary/aromatic N) is 2. The minimum absolute atomic E-state index is 0.499. The molecule has 104 valence electrons. The topological polar surface area (TPSA) is 28.2 Å². The molecule has 20 heavy (non-hydrogen) atoms. The van der Waals surface area contributed by atoms with Gasteiger partial charge in [-0.25, -0.2) is 4.98 Å². The molecule has 0 bridgehead atoms. The van der Waals surface area contributed by atoms with Crippen LogP contribution in [0.2, 0.25) is 0 Å². The van der Waals surface area contributed by atoms with Crippen LogP contribution in [0.1, 0.15) is 25.0 Å². The second-order valence-electron chi connectivity index (χ2n) is 5.59. The molecule has 3 rings (SSSR count). The van der Waals surface area contributed by atoms with Crippen LogP contribution >= 0.6 is 0 Å². The zero-order valence-corrected chi connectivity index (χ0v) is 12.1. The molecular weight excluding hydrogens is 246 g/mol. The van der Waals surface area contributed by atoms with Crippen LogP contribution in [0.5, 0.6) is 0 Å². The molecule has 2 heterocycles. The molecule has 1 aromatic heterocycles. The number of hydrogen-bond donors (Lipinski definition) is 1. The minimum Gasteiger partial charge on any atom is -0.326 e. The number of pyridine rings is 1. The Hall–Kier alpha value is -1.87. The van der Waals surface area contributed by atoms with Crippen molar-refractivity contribution in [2.45, 2.75) is 32.9 Å². The van der Waals surface area contributed by atoms with Gasteiger partial charge in [0.15, 0.2) is 0 Å². The Morgan fingerprint density at radius 1 is 1.25 bits per heavy atom. The SMILES string of the molecule is CC(C)NCc1ccnc(N2CCc3ccccc32)c1. The number of anilines is 2. The number of hydrogen-bond acceptors (Lipinski definition) is 3. The zero-order valence-electron chi connectivity index (χ0n) is 12.1. The lowest BCUT2D eigenvalue weighted by Gasteiger charge is -2.19. The number of nitrogens with one attached hydrogen (secondary N) is 1. The van der Waals surface area contributed by atoms with Gasteiger partial charge in [0, 0.05) is 31.0 Å². The van der Waals surface area contributed by atoms with E-state index < -0.39 is 0 Å². The molecule has 0 spiro atoms. The fourth-order valence-corrected chi connectivity index (χ4v) is 2.62.